The number of unbranched alkanes of at least 4 members (excludes halogenated alkanes) is 1. The van der Waals surface area contributed by atoms with Gasteiger partial charge >= 0.3 is 0 Å². The first kappa shape index (κ1) is 12.3. The van der Waals surface area contributed by atoms with Crippen LogP contribution in [-0.2, 0) is 6.54 Å². The second-order valence-electron chi connectivity index (χ2n) is 3.97. The highest BCUT2D eigenvalue weighted by molar-refractivity contribution is 5.60. The van der Waals surface area contributed by atoms with Crippen LogP contribution >= 0.6 is 0 Å². The second-order valence-corrected chi connectivity index (χ2v) is 3.97. The van der Waals surface area contributed by atoms with E-state index in [0.29, 0.717) is 6.54 Å². The van der Waals surface area contributed by atoms with E-state index in [2.05, 4.69) is 26.6 Å². The van der Waals surface area contributed by atoms with Crippen molar-refractivity contribution in [3.63, 3.8) is 0 Å². The maximum Gasteiger partial charge on any atom is 0.117 e. The summed E-state index contributed by atoms with van der Waals surface area (Å²) in [7, 11) is 0. The van der Waals surface area contributed by atoms with Crippen LogP contribution in [0.5, 0.6) is 0 Å². The summed E-state index contributed by atoms with van der Waals surface area (Å²) >= 11 is 0. The molecule has 1 aromatic heterocycles. The van der Waals surface area contributed by atoms with Crippen molar-refractivity contribution in [2.75, 3.05) is 6.54 Å². The summed E-state index contributed by atoms with van der Waals surface area (Å²) in [6.45, 7) is 1.59. The topological polar surface area (TPSA) is 53.6 Å². The van der Waals surface area contributed by atoms with Crippen molar-refractivity contribution in [1.82, 2.24) is 20.7 Å². The van der Waals surface area contributed by atoms with Gasteiger partial charge < -0.3 is 5.32 Å². The van der Waals surface area contributed by atoms with Gasteiger partial charge in [0.25, 0.3) is 0 Å². The van der Waals surface area contributed by atoms with Crippen LogP contribution in [0.25, 0.3) is 11.3 Å². The summed E-state index contributed by atoms with van der Waals surface area (Å²) in [6.07, 6.45) is 6.98. The van der Waals surface area contributed by atoms with Crippen LogP contribution in [0.15, 0.2) is 30.3 Å². The van der Waals surface area contributed by atoms with Crippen molar-refractivity contribution in [1.29, 1.82) is 0 Å². The Morgan fingerprint density at radius 2 is 2.06 bits per heavy atom. The predicted molar refractivity (Wildman–Crippen MR) is 71.6 cm³/mol. The maximum atomic E-state index is 5.20. The minimum Gasteiger partial charge on any atom is -0.311 e. The van der Waals surface area contributed by atoms with E-state index in [1.54, 1.807) is 0 Å². The Kier molecular flexibility index (Phi) is 4.51. The average Bonchev–Trinajstić information content (AvgIpc) is 2.88. The fraction of sp³-hybridized carbons (Fsp3) is 0.286. The number of benzene rings is 1. The Bertz CT molecular complexity index is 510. The monoisotopic (exact) mass is 240 g/mol. The summed E-state index contributed by atoms with van der Waals surface area (Å²) in [6, 6.07) is 10.0. The van der Waals surface area contributed by atoms with Crippen molar-refractivity contribution < 1.29 is 0 Å². The van der Waals surface area contributed by atoms with Gasteiger partial charge in [0.1, 0.15) is 11.4 Å². The molecule has 0 fully saturated rings. The Hall–Kier alpha value is -2.12. The SMILES string of the molecule is C#CCCCNCc1n[nH]nc1-c1ccccc1. The van der Waals surface area contributed by atoms with E-state index in [1.807, 2.05) is 30.3 Å². The molecule has 1 heterocycles. The van der Waals surface area contributed by atoms with Crippen LogP contribution in [0.3, 0.4) is 0 Å². The standard InChI is InChI=1S/C14H16N4/c1-2-3-7-10-15-11-13-14(17-18-16-13)12-8-5-4-6-9-12/h1,4-6,8-9,15H,3,7,10-11H2,(H,16,17,18). The van der Waals surface area contributed by atoms with E-state index in [0.717, 1.165) is 36.3 Å². The summed E-state index contributed by atoms with van der Waals surface area (Å²) in [5, 5.41) is 14.4. The molecule has 0 aliphatic heterocycles. The first-order valence-corrected chi connectivity index (χ1v) is 6.01. The van der Waals surface area contributed by atoms with Crippen molar-refractivity contribution in [3.05, 3.63) is 36.0 Å². The van der Waals surface area contributed by atoms with Gasteiger partial charge in [0, 0.05) is 18.5 Å². The second kappa shape index (κ2) is 6.58. The van der Waals surface area contributed by atoms with Crippen molar-refractivity contribution >= 4 is 0 Å². The molecular weight excluding hydrogens is 224 g/mol. The molecule has 4 heteroatoms. The molecule has 92 valence electrons. The van der Waals surface area contributed by atoms with Gasteiger partial charge in [-0.05, 0) is 13.0 Å². The third-order valence-electron chi connectivity index (χ3n) is 2.63. The third-order valence-corrected chi connectivity index (χ3v) is 2.63. The van der Waals surface area contributed by atoms with Gasteiger partial charge in [-0.25, -0.2) is 0 Å². The number of aromatic nitrogens is 3. The molecule has 4 nitrogen and oxygen atoms in total. The van der Waals surface area contributed by atoms with Gasteiger partial charge in [-0.2, -0.15) is 15.4 Å². The van der Waals surface area contributed by atoms with Crippen molar-refractivity contribution in [3.8, 4) is 23.6 Å². The van der Waals surface area contributed by atoms with E-state index < -0.39 is 0 Å². The Balaban J connectivity index is 1.95. The molecule has 0 saturated carbocycles. The van der Waals surface area contributed by atoms with Gasteiger partial charge in [-0.15, -0.1) is 12.3 Å². The fourth-order valence-corrected chi connectivity index (χ4v) is 1.73. The van der Waals surface area contributed by atoms with Crippen molar-refractivity contribution in [2.45, 2.75) is 19.4 Å². The lowest BCUT2D eigenvalue weighted by Crippen LogP contribution is -2.15. The summed E-state index contributed by atoms with van der Waals surface area (Å²) in [5.41, 5.74) is 2.91. The van der Waals surface area contributed by atoms with E-state index in [-0.39, 0.29) is 0 Å². The zero-order valence-electron chi connectivity index (χ0n) is 10.2. The number of nitrogens with zero attached hydrogens (tertiary/aromatic N) is 2. The molecule has 2 aromatic rings. The maximum absolute atomic E-state index is 5.20. The molecule has 0 bridgehead atoms. The first-order valence-electron chi connectivity index (χ1n) is 6.01. The molecule has 18 heavy (non-hydrogen) atoms. The molecule has 0 unspecified atom stereocenters. The zero-order valence-corrected chi connectivity index (χ0v) is 10.2. The number of terminal acetylenes is 1. The van der Waals surface area contributed by atoms with Gasteiger partial charge in [0.05, 0.1) is 0 Å². The van der Waals surface area contributed by atoms with Crippen LogP contribution in [-0.4, -0.2) is 22.0 Å². The van der Waals surface area contributed by atoms with Crippen LogP contribution < -0.4 is 5.32 Å². The summed E-state index contributed by atoms with van der Waals surface area (Å²) in [5.74, 6) is 2.62. The molecule has 1 aromatic carbocycles. The molecule has 0 aliphatic carbocycles. The van der Waals surface area contributed by atoms with Gasteiger partial charge in [-0.3, -0.25) is 0 Å². The lowest BCUT2D eigenvalue weighted by atomic mass is 10.1. The van der Waals surface area contributed by atoms with E-state index >= 15 is 0 Å². The molecule has 2 N–H and O–H groups in total. The molecule has 0 amide bonds. The number of hydrogen-bond acceptors (Lipinski definition) is 3. The number of aromatic amines is 1. The summed E-state index contributed by atoms with van der Waals surface area (Å²) in [4.78, 5) is 0. The Morgan fingerprint density at radius 3 is 2.83 bits per heavy atom. The van der Waals surface area contributed by atoms with E-state index in [1.165, 1.54) is 0 Å². The smallest absolute Gasteiger partial charge is 0.117 e. The molecule has 0 atom stereocenters. The predicted octanol–water partition coefficient (Wildman–Crippen LogP) is 1.97. The van der Waals surface area contributed by atoms with Crippen LogP contribution in [0, 0.1) is 12.3 Å². The molecule has 0 spiro atoms. The van der Waals surface area contributed by atoms with Gasteiger partial charge in [0.15, 0.2) is 0 Å². The Morgan fingerprint density at radius 1 is 1.22 bits per heavy atom. The largest absolute Gasteiger partial charge is 0.311 e. The van der Waals surface area contributed by atoms with Crippen molar-refractivity contribution in [2.24, 2.45) is 0 Å². The summed E-state index contributed by atoms with van der Waals surface area (Å²) < 4.78 is 0. The fourth-order valence-electron chi connectivity index (χ4n) is 1.73. The van der Waals surface area contributed by atoms with Crippen LogP contribution in [0.4, 0.5) is 0 Å². The van der Waals surface area contributed by atoms with E-state index in [4.69, 9.17) is 6.42 Å². The van der Waals surface area contributed by atoms with Crippen LogP contribution in [0.2, 0.25) is 0 Å². The first-order chi connectivity index (χ1) is 8.92. The van der Waals surface area contributed by atoms with Gasteiger partial charge in [-0.1, -0.05) is 30.3 Å². The minimum atomic E-state index is 0.700. The van der Waals surface area contributed by atoms with E-state index in [9.17, 15) is 0 Å². The average molecular weight is 240 g/mol. The third kappa shape index (κ3) is 3.19. The normalized spacial score (nSPS) is 10.2. The lowest BCUT2D eigenvalue weighted by Gasteiger charge is -2.02. The molecule has 2 rings (SSSR count). The highest BCUT2D eigenvalue weighted by Gasteiger charge is 2.08. The van der Waals surface area contributed by atoms with Gasteiger partial charge in [0.2, 0.25) is 0 Å². The number of nitrogens with one attached hydrogen (secondary N) is 2. The highest BCUT2D eigenvalue weighted by Crippen LogP contribution is 2.18. The molecule has 0 aliphatic rings. The number of rotatable bonds is 6. The quantitative estimate of drug-likeness (QED) is 0.599. The molecular formula is C14H16N4. The number of H-pyrrole nitrogens is 1. The lowest BCUT2D eigenvalue weighted by molar-refractivity contribution is 0.648. The molecule has 0 radical (unpaired) electrons. The zero-order chi connectivity index (χ0) is 12.6. The number of hydrogen-bond donors (Lipinski definition) is 2. The van der Waals surface area contributed by atoms with Crippen LogP contribution in [0.1, 0.15) is 18.5 Å². The minimum absolute atomic E-state index is 0.700. The Labute approximate surface area is 107 Å². The molecule has 0 saturated heterocycles. The highest BCUT2D eigenvalue weighted by atomic mass is 15.3.